The molecule has 0 saturated heterocycles. The van der Waals surface area contributed by atoms with Crippen molar-refractivity contribution in [1.82, 2.24) is 4.57 Å². The zero-order valence-electron chi connectivity index (χ0n) is 12.9. The highest BCUT2D eigenvalue weighted by Crippen LogP contribution is 2.27. The highest BCUT2D eigenvalue weighted by atomic mass is 35.5. The number of carbonyl (C=O) groups is 2. The number of ether oxygens (including phenoxy) is 1. The highest BCUT2D eigenvalue weighted by molar-refractivity contribution is 7.73. The van der Waals surface area contributed by atoms with E-state index in [1.54, 1.807) is 41.8 Å². The van der Waals surface area contributed by atoms with Crippen LogP contribution in [0.5, 0.6) is 0 Å². The fraction of sp³-hybridized carbons (Fsp3) is 0.188. The van der Waals surface area contributed by atoms with E-state index in [0.29, 0.717) is 26.9 Å². The molecule has 2 aromatic rings. The Morgan fingerprint density at radius 2 is 2.08 bits per heavy atom. The van der Waals surface area contributed by atoms with Crippen molar-refractivity contribution in [3.63, 3.8) is 0 Å². The van der Waals surface area contributed by atoms with E-state index >= 15 is 0 Å². The van der Waals surface area contributed by atoms with Gasteiger partial charge in [0.1, 0.15) is 5.82 Å². The van der Waals surface area contributed by atoms with Gasteiger partial charge in [-0.3, -0.25) is 4.79 Å². The van der Waals surface area contributed by atoms with E-state index < -0.39 is 5.97 Å². The molecule has 5 nitrogen and oxygen atoms in total. The molecule has 24 heavy (non-hydrogen) atoms. The van der Waals surface area contributed by atoms with Crippen LogP contribution in [0.3, 0.4) is 0 Å². The maximum Gasteiger partial charge on any atom is 0.352 e. The molecule has 0 unspecified atom stereocenters. The fourth-order valence-corrected chi connectivity index (χ4v) is 3.33. The molecule has 1 amide bonds. The van der Waals surface area contributed by atoms with Crippen molar-refractivity contribution in [3.8, 4) is 0 Å². The Kier molecular flexibility index (Phi) is 6.30. The minimum atomic E-state index is -0.525. The maximum atomic E-state index is 12.4. The van der Waals surface area contributed by atoms with Gasteiger partial charge in [0.05, 0.1) is 6.61 Å². The largest absolute Gasteiger partial charge is 0.462 e. The number of hydrogen-bond donors (Lipinski definition) is 1. The minimum absolute atomic E-state index is 0.232. The van der Waals surface area contributed by atoms with Crippen molar-refractivity contribution in [2.24, 2.45) is 0 Å². The molecular weight excluding hydrogens is 368 g/mol. The number of amides is 1. The number of nitrogens with zero attached hydrogens (tertiary/aromatic N) is 1. The predicted octanol–water partition coefficient (Wildman–Crippen LogP) is 4.55. The summed E-state index contributed by atoms with van der Waals surface area (Å²) in [5, 5.41) is 3.27. The average Bonchev–Trinajstić information content (AvgIpc) is 2.85. The number of aromatic nitrogens is 1. The average molecular weight is 383 g/mol. The molecule has 0 bridgehead atoms. The van der Waals surface area contributed by atoms with Gasteiger partial charge in [-0.2, -0.15) is 0 Å². The molecule has 1 heterocycles. The van der Waals surface area contributed by atoms with Crippen molar-refractivity contribution >= 4 is 52.8 Å². The summed E-state index contributed by atoms with van der Waals surface area (Å²) in [5.74, 6) is -0.589. The first-order valence-electron chi connectivity index (χ1n) is 7.06. The fourth-order valence-electron chi connectivity index (χ4n) is 1.94. The van der Waals surface area contributed by atoms with Crippen LogP contribution >= 0.6 is 35.2 Å². The SMILES string of the molecule is C=CCn1c(NC(=O)c2ccc(Cl)cc2)c(C(=O)OCC)sc1=S. The van der Waals surface area contributed by atoms with Gasteiger partial charge in [-0.15, -0.1) is 6.58 Å². The molecule has 8 heteroatoms. The lowest BCUT2D eigenvalue weighted by Gasteiger charge is -2.10. The highest BCUT2D eigenvalue weighted by Gasteiger charge is 2.22. The van der Waals surface area contributed by atoms with Gasteiger partial charge >= 0.3 is 5.97 Å². The van der Waals surface area contributed by atoms with Crippen molar-refractivity contribution in [3.05, 3.63) is 56.3 Å². The van der Waals surface area contributed by atoms with E-state index in [1.165, 1.54) is 0 Å². The predicted molar refractivity (Wildman–Crippen MR) is 98.7 cm³/mol. The van der Waals surface area contributed by atoms with E-state index in [9.17, 15) is 9.59 Å². The molecule has 0 aliphatic carbocycles. The third-order valence-corrected chi connectivity index (χ3v) is 4.69. The molecule has 0 aliphatic rings. The van der Waals surface area contributed by atoms with E-state index in [-0.39, 0.29) is 17.4 Å². The normalized spacial score (nSPS) is 10.2. The zero-order valence-corrected chi connectivity index (χ0v) is 15.3. The quantitative estimate of drug-likeness (QED) is 0.452. The summed E-state index contributed by atoms with van der Waals surface area (Å²) in [5.41, 5.74) is 0.413. The van der Waals surface area contributed by atoms with Crippen LogP contribution in [0.1, 0.15) is 27.0 Å². The summed E-state index contributed by atoms with van der Waals surface area (Å²) in [6.07, 6.45) is 1.63. The third-order valence-electron chi connectivity index (χ3n) is 3.01. The molecule has 1 aromatic heterocycles. The smallest absolute Gasteiger partial charge is 0.352 e. The Morgan fingerprint density at radius 1 is 1.42 bits per heavy atom. The van der Waals surface area contributed by atoms with Crippen molar-refractivity contribution in [2.45, 2.75) is 13.5 Å². The monoisotopic (exact) mass is 382 g/mol. The Hall–Kier alpha value is -1.96. The Bertz CT molecular complexity index is 825. The standard InChI is InChI=1S/C16H15ClN2O3S2/c1-3-9-19-13(12(24-16(19)23)15(21)22-4-2)18-14(20)10-5-7-11(17)8-6-10/h3,5-8H,1,4,9H2,2H3,(H,18,20). The van der Waals surface area contributed by atoms with Crippen LogP contribution in [0.4, 0.5) is 5.82 Å². The van der Waals surface area contributed by atoms with Gasteiger partial charge in [0, 0.05) is 17.1 Å². The molecule has 0 atom stereocenters. The number of halogens is 1. The van der Waals surface area contributed by atoms with Gasteiger partial charge in [0.15, 0.2) is 8.83 Å². The second-order valence-electron chi connectivity index (χ2n) is 4.63. The first-order chi connectivity index (χ1) is 11.5. The summed E-state index contributed by atoms with van der Waals surface area (Å²) >= 11 is 12.2. The summed E-state index contributed by atoms with van der Waals surface area (Å²) in [6, 6.07) is 6.43. The van der Waals surface area contributed by atoms with Crippen molar-refractivity contribution in [1.29, 1.82) is 0 Å². The van der Waals surface area contributed by atoms with Crippen LogP contribution in [0, 0.1) is 3.95 Å². The molecule has 0 spiro atoms. The zero-order chi connectivity index (χ0) is 17.7. The number of allylic oxidation sites excluding steroid dienone is 1. The Balaban J connectivity index is 2.40. The molecular formula is C16H15ClN2O3S2. The van der Waals surface area contributed by atoms with Gasteiger partial charge in [-0.05, 0) is 43.4 Å². The molecule has 0 saturated carbocycles. The lowest BCUT2D eigenvalue weighted by Crippen LogP contribution is -2.18. The number of hydrogen-bond acceptors (Lipinski definition) is 5. The number of rotatable bonds is 6. The van der Waals surface area contributed by atoms with Gasteiger partial charge in [-0.1, -0.05) is 29.0 Å². The summed E-state index contributed by atoms with van der Waals surface area (Å²) in [6.45, 7) is 5.98. The van der Waals surface area contributed by atoms with Gasteiger partial charge in [0.25, 0.3) is 5.91 Å². The molecule has 2 rings (SSSR count). The van der Waals surface area contributed by atoms with Crippen LogP contribution in [-0.2, 0) is 11.3 Å². The summed E-state index contributed by atoms with van der Waals surface area (Å²) in [4.78, 5) is 24.8. The lowest BCUT2D eigenvalue weighted by atomic mass is 10.2. The number of nitrogens with one attached hydrogen (secondary N) is 1. The van der Waals surface area contributed by atoms with Crippen molar-refractivity contribution in [2.75, 3.05) is 11.9 Å². The number of benzene rings is 1. The van der Waals surface area contributed by atoms with E-state index in [0.717, 1.165) is 11.3 Å². The lowest BCUT2D eigenvalue weighted by molar-refractivity contribution is 0.0532. The molecule has 1 aromatic carbocycles. The number of anilines is 1. The molecule has 0 fully saturated rings. The Labute approximate surface area is 153 Å². The van der Waals surface area contributed by atoms with Crippen LogP contribution in [-0.4, -0.2) is 23.1 Å². The molecule has 0 aliphatic heterocycles. The Morgan fingerprint density at radius 3 is 2.67 bits per heavy atom. The maximum absolute atomic E-state index is 12.4. The number of thiazole rings is 1. The van der Waals surface area contributed by atoms with Gasteiger partial charge < -0.3 is 14.6 Å². The van der Waals surface area contributed by atoms with E-state index in [2.05, 4.69) is 11.9 Å². The van der Waals surface area contributed by atoms with Crippen LogP contribution < -0.4 is 5.32 Å². The van der Waals surface area contributed by atoms with E-state index in [4.69, 9.17) is 28.6 Å². The van der Waals surface area contributed by atoms with Crippen LogP contribution in [0.2, 0.25) is 5.02 Å². The summed E-state index contributed by atoms with van der Waals surface area (Å²) in [7, 11) is 0. The van der Waals surface area contributed by atoms with Crippen LogP contribution in [0.15, 0.2) is 36.9 Å². The molecule has 126 valence electrons. The first kappa shape index (κ1) is 18.4. The molecule has 1 N–H and O–H groups in total. The minimum Gasteiger partial charge on any atom is -0.462 e. The first-order valence-corrected chi connectivity index (χ1v) is 8.66. The third kappa shape index (κ3) is 4.11. The van der Waals surface area contributed by atoms with Crippen LogP contribution in [0.25, 0.3) is 0 Å². The van der Waals surface area contributed by atoms with Gasteiger partial charge in [-0.25, -0.2) is 4.79 Å². The number of carbonyl (C=O) groups excluding carboxylic acids is 2. The number of esters is 1. The van der Waals surface area contributed by atoms with Crippen molar-refractivity contribution < 1.29 is 14.3 Å². The second-order valence-corrected chi connectivity index (χ2v) is 6.71. The summed E-state index contributed by atoms with van der Waals surface area (Å²) < 4.78 is 7.12. The topological polar surface area (TPSA) is 60.3 Å². The van der Waals surface area contributed by atoms with Gasteiger partial charge in [0.2, 0.25) is 0 Å². The second kappa shape index (κ2) is 8.23. The van der Waals surface area contributed by atoms with E-state index in [1.807, 2.05) is 0 Å². The molecule has 0 radical (unpaired) electrons.